The van der Waals surface area contributed by atoms with E-state index in [1.54, 1.807) is 24.3 Å². The van der Waals surface area contributed by atoms with Crippen molar-refractivity contribution in [3.63, 3.8) is 0 Å². The van der Waals surface area contributed by atoms with E-state index in [1.165, 1.54) is 0 Å². The normalized spacial score (nSPS) is 20.3. The lowest BCUT2D eigenvalue weighted by molar-refractivity contribution is 0.0923. The summed E-state index contributed by atoms with van der Waals surface area (Å²) in [7, 11) is 0. The maximum absolute atomic E-state index is 12.4. The molecule has 0 spiro atoms. The lowest BCUT2D eigenvalue weighted by Gasteiger charge is -2.34. The van der Waals surface area contributed by atoms with Crippen LogP contribution in [0.5, 0.6) is 0 Å². The molecule has 7 heteroatoms. The number of hydrogen-bond acceptors (Lipinski definition) is 2. The predicted octanol–water partition coefficient (Wildman–Crippen LogP) is 7.10. The number of benzene rings is 1. The second kappa shape index (κ2) is 14.1. The van der Waals surface area contributed by atoms with Gasteiger partial charge in [0.1, 0.15) is 6.17 Å². The Hall–Kier alpha value is -0.000000000000000111. The summed E-state index contributed by atoms with van der Waals surface area (Å²) in [6.07, 6.45) is 3.59. The Morgan fingerprint density at radius 1 is 1.04 bits per heavy atom. The Kier molecular flexibility index (Phi) is 14.1. The SMILES string of the molecule is CC.CC.CC1CCC(NC(NC(=O)c2ccc(Br)cc2)C(Cl)(Cl)Cl)CC1. The number of rotatable bonds is 4. The van der Waals surface area contributed by atoms with Crippen molar-refractivity contribution in [2.24, 2.45) is 5.92 Å². The second-order valence-electron chi connectivity index (χ2n) is 6.08. The van der Waals surface area contributed by atoms with E-state index in [2.05, 4.69) is 33.5 Å². The molecule has 1 fully saturated rings. The third kappa shape index (κ3) is 10.4. The standard InChI is InChI=1S/C16H20BrCl3N2O.2C2H6/c1-10-2-8-13(9-3-10)21-15(16(18,19)20)22-14(23)11-4-6-12(17)7-5-11;2*1-2/h4-7,10,13,15,21H,2-3,8-9H2,1H3,(H,22,23);2*1-2H3. The van der Waals surface area contributed by atoms with E-state index < -0.39 is 9.96 Å². The van der Waals surface area contributed by atoms with Crippen molar-refractivity contribution in [2.45, 2.75) is 76.3 Å². The first kappa shape index (κ1) is 27.0. The van der Waals surface area contributed by atoms with Gasteiger partial charge in [-0.1, -0.05) is 85.4 Å². The average Bonchev–Trinajstić information content (AvgIpc) is 2.66. The lowest BCUT2D eigenvalue weighted by Crippen LogP contribution is -2.56. The van der Waals surface area contributed by atoms with E-state index in [9.17, 15) is 4.79 Å². The third-order valence-electron chi connectivity index (χ3n) is 4.13. The molecule has 0 radical (unpaired) electrons. The van der Waals surface area contributed by atoms with Gasteiger partial charge in [0, 0.05) is 16.1 Å². The molecule has 1 aromatic carbocycles. The number of alkyl halides is 3. The van der Waals surface area contributed by atoms with Gasteiger partial charge < -0.3 is 5.32 Å². The third-order valence-corrected chi connectivity index (χ3v) is 5.31. The summed E-state index contributed by atoms with van der Waals surface area (Å²) in [5, 5.41) is 6.08. The number of nitrogens with one attached hydrogen (secondary N) is 2. The highest BCUT2D eigenvalue weighted by Crippen LogP contribution is 2.31. The monoisotopic (exact) mass is 500 g/mol. The molecule has 0 bridgehead atoms. The molecular formula is C20H32BrCl3N2O. The van der Waals surface area contributed by atoms with Crippen LogP contribution in [0, 0.1) is 5.92 Å². The maximum atomic E-state index is 12.4. The van der Waals surface area contributed by atoms with E-state index in [4.69, 9.17) is 34.8 Å². The molecule has 0 aliphatic heterocycles. The van der Waals surface area contributed by atoms with Gasteiger partial charge in [-0.25, -0.2) is 0 Å². The van der Waals surface area contributed by atoms with Gasteiger partial charge >= 0.3 is 0 Å². The zero-order valence-corrected chi connectivity index (χ0v) is 20.6. The molecule has 3 nitrogen and oxygen atoms in total. The summed E-state index contributed by atoms with van der Waals surface area (Å²) < 4.78 is -0.713. The number of halogens is 4. The highest BCUT2D eigenvalue weighted by atomic mass is 79.9. The fraction of sp³-hybridized carbons (Fsp3) is 0.650. The molecule has 1 atom stereocenters. The molecule has 2 N–H and O–H groups in total. The zero-order valence-electron chi connectivity index (χ0n) is 16.8. The van der Waals surface area contributed by atoms with E-state index >= 15 is 0 Å². The summed E-state index contributed by atoms with van der Waals surface area (Å²) >= 11 is 21.5. The topological polar surface area (TPSA) is 41.1 Å². The predicted molar refractivity (Wildman–Crippen MR) is 123 cm³/mol. The highest BCUT2D eigenvalue weighted by Gasteiger charge is 2.36. The Morgan fingerprint density at radius 3 is 1.96 bits per heavy atom. The molecule has 1 aliphatic rings. The van der Waals surface area contributed by atoms with Crippen LogP contribution in [0.25, 0.3) is 0 Å². The van der Waals surface area contributed by atoms with E-state index in [-0.39, 0.29) is 11.9 Å². The van der Waals surface area contributed by atoms with Crippen LogP contribution in [0.2, 0.25) is 0 Å². The van der Waals surface area contributed by atoms with Crippen molar-refractivity contribution >= 4 is 56.6 Å². The van der Waals surface area contributed by atoms with Crippen LogP contribution in [0.15, 0.2) is 28.7 Å². The molecule has 1 aromatic rings. The maximum Gasteiger partial charge on any atom is 0.252 e. The number of hydrogen-bond donors (Lipinski definition) is 2. The van der Waals surface area contributed by atoms with Gasteiger partial charge in [-0.05, 0) is 55.9 Å². The van der Waals surface area contributed by atoms with Crippen LogP contribution in [0.4, 0.5) is 0 Å². The van der Waals surface area contributed by atoms with Crippen molar-refractivity contribution in [3.8, 4) is 0 Å². The molecule has 1 unspecified atom stereocenters. The molecule has 1 saturated carbocycles. The fourth-order valence-corrected chi connectivity index (χ4v) is 3.31. The van der Waals surface area contributed by atoms with Crippen LogP contribution in [0.3, 0.4) is 0 Å². The van der Waals surface area contributed by atoms with Gasteiger partial charge in [0.2, 0.25) is 3.79 Å². The van der Waals surface area contributed by atoms with Crippen LogP contribution >= 0.6 is 50.7 Å². The lowest BCUT2D eigenvalue weighted by atomic mass is 9.87. The molecule has 0 heterocycles. The first-order valence-electron chi connectivity index (χ1n) is 9.65. The number of carbonyl (C=O) groups is 1. The molecule has 1 amide bonds. The minimum Gasteiger partial charge on any atom is -0.333 e. The number of amides is 1. The molecule has 2 rings (SSSR count). The van der Waals surface area contributed by atoms with Gasteiger partial charge in [-0.3, -0.25) is 10.1 Å². The first-order chi connectivity index (χ1) is 12.8. The smallest absolute Gasteiger partial charge is 0.252 e. The van der Waals surface area contributed by atoms with Crippen LogP contribution in [-0.4, -0.2) is 21.9 Å². The Balaban J connectivity index is 0.00000158. The van der Waals surface area contributed by atoms with Gasteiger partial charge in [0.05, 0.1) is 0 Å². The summed E-state index contributed by atoms with van der Waals surface area (Å²) in [5.41, 5.74) is 0.520. The first-order valence-corrected chi connectivity index (χ1v) is 11.6. The van der Waals surface area contributed by atoms with Crippen molar-refractivity contribution in [3.05, 3.63) is 34.3 Å². The fourth-order valence-electron chi connectivity index (χ4n) is 2.70. The quantitative estimate of drug-likeness (QED) is 0.341. The molecule has 156 valence electrons. The van der Waals surface area contributed by atoms with Crippen molar-refractivity contribution in [1.82, 2.24) is 10.6 Å². The Labute approximate surface area is 188 Å². The van der Waals surface area contributed by atoms with Gasteiger partial charge in [-0.2, -0.15) is 0 Å². The molecule has 1 aliphatic carbocycles. The van der Waals surface area contributed by atoms with E-state index in [0.29, 0.717) is 5.56 Å². The van der Waals surface area contributed by atoms with E-state index in [0.717, 1.165) is 36.1 Å². The van der Waals surface area contributed by atoms with Crippen LogP contribution < -0.4 is 10.6 Å². The molecule has 0 saturated heterocycles. The molecule has 27 heavy (non-hydrogen) atoms. The van der Waals surface area contributed by atoms with Gasteiger partial charge in [0.15, 0.2) is 0 Å². The summed E-state index contributed by atoms with van der Waals surface area (Å²) in [5.74, 6) is 0.460. The summed E-state index contributed by atoms with van der Waals surface area (Å²) in [6.45, 7) is 10.2. The second-order valence-corrected chi connectivity index (χ2v) is 9.36. The average molecular weight is 503 g/mol. The minimum atomic E-state index is -1.62. The summed E-state index contributed by atoms with van der Waals surface area (Å²) in [6, 6.07) is 7.29. The summed E-state index contributed by atoms with van der Waals surface area (Å²) in [4.78, 5) is 12.4. The van der Waals surface area contributed by atoms with Gasteiger partial charge in [0.25, 0.3) is 5.91 Å². The largest absolute Gasteiger partial charge is 0.333 e. The molecular weight excluding hydrogens is 470 g/mol. The Morgan fingerprint density at radius 2 is 1.52 bits per heavy atom. The van der Waals surface area contributed by atoms with Crippen molar-refractivity contribution in [1.29, 1.82) is 0 Å². The van der Waals surface area contributed by atoms with Crippen LogP contribution in [0.1, 0.15) is 70.7 Å². The van der Waals surface area contributed by atoms with Gasteiger partial charge in [-0.15, -0.1) is 0 Å². The zero-order chi connectivity index (χ0) is 21.0. The highest BCUT2D eigenvalue weighted by molar-refractivity contribution is 9.10. The number of carbonyl (C=O) groups excluding carboxylic acids is 1. The van der Waals surface area contributed by atoms with Crippen molar-refractivity contribution in [2.75, 3.05) is 0 Å². The minimum absolute atomic E-state index is 0.247. The molecule has 0 aromatic heterocycles. The Bertz CT molecular complexity index is 527. The van der Waals surface area contributed by atoms with Crippen LogP contribution in [-0.2, 0) is 0 Å². The van der Waals surface area contributed by atoms with Crippen molar-refractivity contribution < 1.29 is 4.79 Å². The van der Waals surface area contributed by atoms with E-state index in [1.807, 2.05) is 27.7 Å².